The van der Waals surface area contributed by atoms with Gasteiger partial charge in [0.1, 0.15) is 0 Å². The molecule has 1 atom stereocenters. The average molecular weight is 219 g/mol. The summed E-state index contributed by atoms with van der Waals surface area (Å²) >= 11 is 0. The molecule has 0 aromatic carbocycles. The Balaban J connectivity index is 1.99. The molecule has 3 heteroatoms. The quantitative estimate of drug-likeness (QED) is 0.826. The first-order valence-corrected chi connectivity index (χ1v) is 6.13. The van der Waals surface area contributed by atoms with Crippen LogP contribution in [0.3, 0.4) is 0 Å². The van der Waals surface area contributed by atoms with Gasteiger partial charge in [-0.05, 0) is 37.3 Å². The third-order valence-corrected chi connectivity index (χ3v) is 3.26. The van der Waals surface area contributed by atoms with E-state index in [1.807, 2.05) is 12.3 Å². The third kappa shape index (κ3) is 2.73. The van der Waals surface area contributed by atoms with Gasteiger partial charge in [-0.2, -0.15) is 0 Å². The van der Waals surface area contributed by atoms with Crippen molar-refractivity contribution >= 4 is 5.69 Å². The molecular weight excluding hydrogens is 198 g/mol. The Morgan fingerprint density at radius 3 is 2.75 bits per heavy atom. The van der Waals surface area contributed by atoms with Crippen LogP contribution in [-0.2, 0) is 0 Å². The van der Waals surface area contributed by atoms with Gasteiger partial charge in [-0.15, -0.1) is 0 Å². The molecule has 0 unspecified atom stereocenters. The SMILES string of the molecule is CC[C@H](N)c1ccc(N(C)CC2CC2)cn1. The first kappa shape index (κ1) is 11.4. The van der Waals surface area contributed by atoms with E-state index in [0.717, 1.165) is 24.6 Å². The summed E-state index contributed by atoms with van der Waals surface area (Å²) in [6.07, 6.45) is 5.64. The van der Waals surface area contributed by atoms with Crippen molar-refractivity contribution in [1.29, 1.82) is 0 Å². The fourth-order valence-corrected chi connectivity index (χ4v) is 1.84. The normalized spacial score (nSPS) is 17.2. The Bertz CT molecular complexity index is 330. The van der Waals surface area contributed by atoms with E-state index in [0.29, 0.717) is 0 Å². The highest BCUT2D eigenvalue weighted by molar-refractivity contribution is 5.44. The highest BCUT2D eigenvalue weighted by atomic mass is 15.1. The number of hydrogen-bond acceptors (Lipinski definition) is 3. The zero-order chi connectivity index (χ0) is 11.5. The van der Waals surface area contributed by atoms with E-state index in [-0.39, 0.29) is 6.04 Å². The van der Waals surface area contributed by atoms with Crippen LogP contribution < -0.4 is 10.6 Å². The lowest BCUT2D eigenvalue weighted by Gasteiger charge is -2.19. The van der Waals surface area contributed by atoms with Crippen molar-refractivity contribution in [3.05, 3.63) is 24.0 Å². The van der Waals surface area contributed by atoms with Crippen LogP contribution in [0.5, 0.6) is 0 Å². The molecular formula is C13H21N3. The van der Waals surface area contributed by atoms with E-state index in [1.54, 1.807) is 0 Å². The number of nitrogens with two attached hydrogens (primary N) is 1. The maximum absolute atomic E-state index is 5.94. The lowest BCUT2D eigenvalue weighted by molar-refractivity contribution is 0.674. The fourth-order valence-electron chi connectivity index (χ4n) is 1.84. The van der Waals surface area contributed by atoms with Crippen molar-refractivity contribution in [2.24, 2.45) is 11.7 Å². The first-order chi connectivity index (χ1) is 7.70. The van der Waals surface area contributed by atoms with Crippen LogP contribution in [-0.4, -0.2) is 18.6 Å². The summed E-state index contributed by atoms with van der Waals surface area (Å²) in [6, 6.07) is 4.25. The number of anilines is 1. The molecule has 1 aliphatic carbocycles. The van der Waals surface area contributed by atoms with Crippen LogP contribution in [0.25, 0.3) is 0 Å². The molecule has 3 nitrogen and oxygen atoms in total. The second-order valence-corrected chi connectivity index (χ2v) is 4.78. The summed E-state index contributed by atoms with van der Waals surface area (Å²) < 4.78 is 0. The summed E-state index contributed by atoms with van der Waals surface area (Å²) in [4.78, 5) is 6.72. The Labute approximate surface area is 97.7 Å². The molecule has 2 rings (SSSR count). The fraction of sp³-hybridized carbons (Fsp3) is 0.615. The Morgan fingerprint density at radius 2 is 2.25 bits per heavy atom. The second kappa shape index (κ2) is 4.83. The predicted octanol–water partition coefficient (Wildman–Crippen LogP) is 2.34. The minimum atomic E-state index is 0.0720. The van der Waals surface area contributed by atoms with E-state index in [4.69, 9.17) is 5.73 Å². The highest BCUT2D eigenvalue weighted by Crippen LogP contribution is 2.30. The van der Waals surface area contributed by atoms with Crippen molar-refractivity contribution in [3.8, 4) is 0 Å². The van der Waals surface area contributed by atoms with Crippen LogP contribution in [0.4, 0.5) is 5.69 Å². The van der Waals surface area contributed by atoms with Gasteiger partial charge < -0.3 is 10.6 Å². The number of aromatic nitrogens is 1. The second-order valence-electron chi connectivity index (χ2n) is 4.78. The van der Waals surface area contributed by atoms with Crippen molar-refractivity contribution < 1.29 is 0 Å². The Kier molecular flexibility index (Phi) is 3.44. The summed E-state index contributed by atoms with van der Waals surface area (Å²) in [5, 5.41) is 0. The van der Waals surface area contributed by atoms with Gasteiger partial charge in [0, 0.05) is 19.6 Å². The van der Waals surface area contributed by atoms with Crippen LogP contribution in [0.2, 0.25) is 0 Å². The van der Waals surface area contributed by atoms with Crippen LogP contribution >= 0.6 is 0 Å². The van der Waals surface area contributed by atoms with Gasteiger partial charge in [0.2, 0.25) is 0 Å². The third-order valence-electron chi connectivity index (χ3n) is 3.26. The van der Waals surface area contributed by atoms with E-state index < -0.39 is 0 Å². The number of rotatable bonds is 5. The van der Waals surface area contributed by atoms with E-state index in [9.17, 15) is 0 Å². The molecule has 0 amide bonds. The van der Waals surface area contributed by atoms with Gasteiger partial charge in [-0.25, -0.2) is 0 Å². The molecule has 1 saturated carbocycles. The van der Waals surface area contributed by atoms with Crippen LogP contribution in [0, 0.1) is 5.92 Å². The zero-order valence-corrected chi connectivity index (χ0v) is 10.2. The highest BCUT2D eigenvalue weighted by Gasteiger charge is 2.23. The smallest absolute Gasteiger partial charge is 0.0572 e. The van der Waals surface area contributed by atoms with Crippen molar-refractivity contribution in [1.82, 2.24) is 4.98 Å². The standard InChI is InChI=1S/C13H21N3/c1-3-12(14)13-7-6-11(8-15-13)16(2)9-10-4-5-10/h6-8,10,12H,3-5,9,14H2,1-2H3/t12-/m0/s1. The molecule has 1 aromatic rings. The van der Waals surface area contributed by atoms with Gasteiger partial charge in [0.05, 0.1) is 17.6 Å². The monoisotopic (exact) mass is 219 g/mol. The zero-order valence-electron chi connectivity index (χ0n) is 10.2. The Morgan fingerprint density at radius 1 is 1.50 bits per heavy atom. The Hall–Kier alpha value is -1.09. The van der Waals surface area contributed by atoms with Crippen LogP contribution in [0.1, 0.15) is 37.9 Å². The van der Waals surface area contributed by atoms with E-state index in [2.05, 4.69) is 29.9 Å². The lowest BCUT2D eigenvalue weighted by Crippen LogP contribution is -2.20. The van der Waals surface area contributed by atoms with Crippen molar-refractivity contribution in [2.45, 2.75) is 32.2 Å². The molecule has 0 spiro atoms. The predicted molar refractivity (Wildman–Crippen MR) is 67.5 cm³/mol. The maximum Gasteiger partial charge on any atom is 0.0572 e. The van der Waals surface area contributed by atoms with Gasteiger partial charge in [-0.1, -0.05) is 6.92 Å². The minimum absolute atomic E-state index is 0.0720. The molecule has 88 valence electrons. The molecule has 1 aromatic heterocycles. The van der Waals surface area contributed by atoms with E-state index >= 15 is 0 Å². The molecule has 1 fully saturated rings. The lowest BCUT2D eigenvalue weighted by atomic mass is 10.1. The molecule has 1 heterocycles. The summed E-state index contributed by atoms with van der Waals surface area (Å²) in [7, 11) is 2.13. The van der Waals surface area contributed by atoms with Gasteiger partial charge in [0.25, 0.3) is 0 Å². The average Bonchev–Trinajstić information content (AvgIpc) is 3.12. The molecule has 0 aliphatic heterocycles. The molecule has 0 radical (unpaired) electrons. The summed E-state index contributed by atoms with van der Waals surface area (Å²) in [5.74, 6) is 0.905. The first-order valence-electron chi connectivity index (χ1n) is 6.13. The molecule has 1 aliphatic rings. The maximum atomic E-state index is 5.94. The molecule has 16 heavy (non-hydrogen) atoms. The van der Waals surface area contributed by atoms with Gasteiger partial charge in [-0.3, -0.25) is 4.98 Å². The molecule has 0 bridgehead atoms. The number of hydrogen-bond donors (Lipinski definition) is 1. The van der Waals surface area contributed by atoms with Gasteiger partial charge >= 0.3 is 0 Å². The topological polar surface area (TPSA) is 42.1 Å². The molecule has 0 saturated heterocycles. The minimum Gasteiger partial charge on any atom is -0.373 e. The van der Waals surface area contributed by atoms with Crippen molar-refractivity contribution in [3.63, 3.8) is 0 Å². The largest absolute Gasteiger partial charge is 0.373 e. The number of nitrogens with zero attached hydrogens (tertiary/aromatic N) is 2. The van der Waals surface area contributed by atoms with Crippen LogP contribution in [0.15, 0.2) is 18.3 Å². The van der Waals surface area contributed by atoms with E-state index in [1.165, 1.54) is 18.5 Å². The summed E-state index contributed by atoms with van der Waals surface area (Å²) in [5.41, 5.74) is 8.12. The molecule has 2 N–H and O–H groups in total. The number of pyridine rings is 1. The van der Waals surface area contributed by atoms with Gasteiger partial charge in [0.15, 0.2) is 0 Å². The summed E-state index contributed by atoms with van der Waals surface area (Å²) in [6.45, 7) is 3.24. The van der Waals surface area contributed by atoms with Crippen molar-refractivity contribution in [2.75, 3.05) is 18.5 Å².